The van der Waals surface area contributed by atoms with Gasteiger partial charge in [-0.05, 0) is 40.0 Å². The minimum Gasteiger partial charge on any atom is -0.481 e. The van der Waals surface area contributed by atoms with E-state index in [9.17, 15) is 9.59 Å². The van der Waals surface area contributed by atoms with Crippen molar-refractivity contribution < 1.29 is 14.7 Å². The van der Waals surface area contributed by atoms with Gasteiger partial charge < -0.3 is 15.3 Å². The Balaban J connectivity index is 2.31. The summed E-state index contributed by atoms with van der Waals surface area (Å²) in [6.45, 7) is 6.94. The van der Waals surface area contributed by atoms with E-state index in [0.29, 0.717) is 19.5 Å². The van der Waals surface area contributed by atoms with Gasteiger partial charge in [0.2, 0.25) is 0 Å². The molecule has 5 heteroatoms. The molecular weight excluding hydrogens is 244 g/mol. The molecule has 19 heavy (non-hydrogen) atoms. The highest BCUT2D eigenvalue weighted by molar-refractivity contribution is 5.77. The van der Waals surface area contributed by atoms with Gasteiger partial charge in [-0.15, -0.1) is 0 Å². The van der Waals surface area contributed by atoms with E-state index in [4.69, 9.17) is 5.11 Å². The van der Waals surface area contributed by atoms with Gasteiger partial charge in [-0.2, -0.15) is 0 Å². The molecule has 2 amide bonds. The van der Waals surface area contributed by atoms with Gasteiger partial charge in [-0.1, -0.05) is 11.6 Å². The second kappa shape index (κ2) is 7.16. The molecule has 0 aromatic heterocycles. The maximum absolute atomic E-state index is 11.9. The lowest BCUT2D eigenvalue weighted by molar-refractivity contribution is -0.141. The molecule has 0 saturated carbocycles. The molecule has 1 fully saturated rings. The molecule has 1 rings (SSSR count). The van der Waals surface area contributed by atoms with Gasteiger partial charge in [0, 0.05) is 19.1 Å². The molecule has 2 atom stereocenters. The lowest BCUT2D eigenvalue weighted by Crippen LogP contribution is -2.43. The van der Waals surface area contributed by atoms with Gasteiger partial charge in [-0.3, -0.25) is 4.79 Å². The molecule has 0 radical (unpaired) electrons. The minimum absolute atomic E-state index is 0.104. The first-order valence-electron chi connectivity index (χ1n) is 6.81. The molecule has 1 aliphatic rings. The number of urea groups is 1. The second-order valence-corrected chi connectivity index (χ2v) is 5.48. The summed E-state index contributed by atoms with van der Waals surface area (Å²) in [5.41, 5.74) is 1.28. The van der Waals surface area contributed by atoms with Crippen molar-refractivity contribution in [2.24, 2.45) is 5.92 Å². The van der Waals surface area contributed by atoms with Crippen molar-refractivity contribution in [1.82, 2.24) is 10.2 Å². The predicted molar refractivity (Wildman–Crippen MR) is 74.0 cm³/mol. The fraction of sp³-hybridized carbons (Fsp3) is 0.714. The van der Waals surface area contributed by atoms with Crippen molar-refractivity contribution in [3.05, 3.63) is 11.6 Å². The number of nitrogens with zero attached hydrogens (tertiary/aromatic N) is 1. The van der Waals surface area contributed by atoms with Gasteiger partial charge in [0.05, 0.1) is 5.92 Å². The second-order valence-electron chi connectivity index (χ2n) is 5.48. The Hall–Kier alpha value is -1.52. The Bertz CT molecular complexity index is 362. The Labute approximate surface area is 114 Å². The number of allylic oxidation sites excluding steroid dienone is 2. The maximum Gasteiger partial charge on any atom is 0.317 e. The molecule has 0 spiro atoms. The monoisotopic (exact) mass is 268 g/mol. The highest BCUT2D eigenvalue weighted by atomic mass is 16.4. The fourth-order valence-corrected chi connectivity index (χ4v) is 2.14. The van der Waals surface area contributed by atoms with Crippen molar-refractivity contribution in [2.45, 2.75) is 46.1 Å². The third kappa shape index (κ3) is 5.32. The van der Waals surface area contributed by atoms with Crippen LogP contribution in [0.3, 0.4) is 0 Å². The van der Waals surface area contributed by atoms with Crippen molar-refractivity contribution in [3.63, 3.8) is 0 Å². The van der Waals surface area contributed by atoms with Gasteiger partial charge in [0.25, 0.3) is 0 Å². The molecule has 2 unspecified atom stereocenters. The minimum atomic E-state index is -0.813. The third-order valence-corrected chi connectivity index (χ3v) is 3.35. The van der Waals surface area contributed by atoms with Crippen molar-refractivity contribution in [1.29, 1.82) is 0 Å². The van der Waals surface area contributed by atoms with Crippen LogP contribution in [-0.4, -0.2) is 41.1 Å². The molecular formula is C14H24N2O3. The van der Waals surface area contributed by atoms with Gasteiger partial charge in [0.15, 0.2) is 0 Å². The highest BCUT2D eigenvalue weighted by Crippen LogP contribution is 2.16. The molecule has 1 saturated heterocycles. The van der Waals surface area contributed by atoms with Crippen LogP contribution >= 0.6 is 0 Å². The Morgan fingerprint density at radius 1 is 1.47 bits per heavy atom. The molecule has 0 aromatic carbocycles. The number of rotatable bonds is 5. The van der Waals surface area contributed by atoms with Gasteiger partial charge >= 0.3 is 12.0 Å². The maximum atomic E-state index is 11.9. The SMILES string of the molecule is CC(C)=CCCC(C)NC(=O)N1CCC(C(=O)O)C1. The summed E-state index contributed by atoms with van der Waals surface area (Å²) < 4.78 is 0. The van der Waals surface area contributed by atoms with E-state index in [1.165, 1.54) is 5.57 Å². The molecule has 108 valence electrons. The van der Waals surface area contributed by atoms with Crippen LogP contribution in [0, 0.1) is 5.92 Å². The number of carboxylic acids is 1. The van der Waals surface area contributed by atoms with E-state index >= 15 is 0 Å². The number of hydrogen-bond donors (Lipinski definition) is 2. The quantitative estimate of drug-likeness (QED) is 0.751. The molecule has 1 aliphatic heterocycles. The van der Waals surface area contributed by atoms with Crippen LogP contribution in [-0.2, 0) is 4.79 Å². The molecule has 0 aromatic rings. The Morgan fingerprint density at radius 3 is 2.68 bits per heavy atom. The van der Waals surface area contributed by atoms with Crippen LogP contribution in [0.25, 0.3) is 0 Å². The molecule has 2 N–H and O–H groups in total. The normalized spacial score (nSPS) is 19.9. The standard InChI is InChI=1S/C14H24N2O3/c1-10(2)5-4-6-11(3)15-14(19)16-8-7-12(9-16)13(17)18/h5,11-12H,4,6-9H2,1-3H3,(H,15,19)(H,17,18). The third-order valence-electron chi connectivity index (χ3n) is 3.35. The largest absolute Gasteiger partial charge is 0.481 e. The predicted octanol–water partition coefficient (Wildman–Crippen LogP) is 2.24. The summed E-state index contributed by atoms with van der Waals surface area (Å²) in [6.07, 6.45) is 4.54. The Morgan fingerprint density at radius 2 is 2.16 bits per heavy atom. The molecule has 0 bridgehead atoms. The Kier molecular flexibility index (Phi) is 5.86. The zero-order valence-electron chi connectivity index (χ0n) is 12.0. The molecule has 1 heterocycles. The van der Waals surface area contributed by atoms with Gasteiger partial charge in [0.1, 0.15) is 0 Å². The lowest BCUT2D eigenvalue weighted by atomic mass is 10.1. The van der Waals surface area contributed by atoms with E-state index in [-0.39, 0.29) is 12.1 Å². The van der Waals surface area contributed by atoms with E-state index in [2.05, 4.69) is 25.2 Å². The van der Waals surface area contributed by atoms with Crippen LogP contribution in [0.15, 0.2) is 11.6 Å². The summed E-state index contributed by atoms with van der Waals surface area (Å²) in [5.74, 6) is -1.22. The van der Waals surface area contributed by atoms with Crippen LogP contribution in [0.5, 0.6) is 0 Å². The first kappa shape index (κ1) is 15.5. The number of carbonyl (C=O) groups excluding carboxylic acids is 1. The van der Waals surface area contributed by atoms with E-state index in [1.807, 2.05) is 6.92 Å². The summed E-state index contributed by atoms with van der Waals surface area (Å²) in [6, 6.07) is -0.0413. The highest BCUT2D eigenvalue weighted by Gasteiger charge is 2.31. The smallest absolute Gasteiger partial charge is 0.317 e. The van der Waals surface area contributed by atoms with Crippen LogP contribution in [0.4, 0.5) is 4.79 Å². The average molecular weight is 268 g/mol. The van der Waals surface area contributed by atoms with Crippen LogP contribution in [0.1, 0.15) is 40.0 Å². The first-order valence-corrected chi connectivity index (χ1v) is 6.81. The number of aliphatic carboxylic acids is 1. The van der Waals surface area contributed by atoms with Crippen molar-refractivity contribution >= 4 is 12.0 Å². The van der Waals surface area contributed by atoms with Crippen LogP contribution in [0.2, 0.25) is 0 Å². The number of carboxylic acid groups (broad SMARTS) is 1. The van der Waals surface area contributed by atoms with E-state index < -0.39 is 11.9 Å². The average Bonchev–Trinajstić information content (AvgIpc) is 2.77. The number of nitrogens with one attached hydrogen (secondary N) is 1. The number of amides is 2. The summed E-state index contributed by atoms with van der Waals surface area (Å²) >= 11 is 0. The van der Waals surface area contributed by atoms with Crippen molar-refractivity contribution in [2.75, 3.05) is 13.1 Å². The van der Waals surface area contributed by atoms with Crippen molar-refractivity contribution in [3.8, 4) is 0 Å². The summed E-state index contributed by atoms with van der Waals surface area (Å²) in [5, 5.41) is 11.8. The van der Waals surface area contributed by atoms with E-state index in [1.54, 1.807) is 4.90 Å². The molecule has 0 aliphatic carbocycles. The number of carbonyl (C=O) groups is 2. The summed E-state index contributed by atoms with van der Waals surface area (Å²) in [4.78, 5) is 24.4. The first-order chi connectivity index (χ1) is 8.90. The van der Waals surface area contributed by atoms with E-state index in [0.717, 1.165) is 12.8 Å². The topological polar surface area (TPSA) is 69.6 Å². The van der Waals surface area contributed by atoms with Gasteiger partial charge in [-0.25, -0.2) is 4.79 Å². The molecule has 5 nitrogen and oxygen atoms in total. The fourth-order valence-electron chi connectivity index (χ4n) is 2.14. The zero-order chi connectivity index (χ0) is 14.4. The van der Waals surface area contributed by atoms with Crippen LogP contribution < -0.4 is 5.32 Å². The number of likely N-dealkylation sites (tertiary alicyclic amines) is 1. The lowest BCUT2D eigenvalue weighted by Gasteiger charge is -2.20. The zero-order valence-corrected chi connectivity index (χ0v) is 12.0. The summed E-state index contributed by atoms with van der Waals surface area (Å²) in [7, 11) is 0. The number of hydrogen-bond acceptors (Lipinski definition) is 2.